The zero-order valence-electron chi connectivity index (χ0n) is 11.4. The Hall–Kier alpha value is -2.08. The average Bonchev–Trinajstić information content (AvgIpc) is 3.02. The fraction of sp³-hybridized carbons (Fsp3) is 0.333. The maximum atomic E-state index is 12.2. The molecule has 0 bridgehead atoms. The molecule has 3 heterocycles. The van der Waals surface area contributed by atoms with Crippen LogP contribution in [0.1, 0.15) is 34.5 Å². The SMILES string of the molecule is O=C(Cc1nnc(C2CC2)s1)Cc1cccc2nccn12. The second-order valence-electron chi connectivity index (χ2n) is 5.37. The molecule has 0 radical (unpaired) electrons. The highest BCUT2D eigenvalue weighted by Gasteiger charge is 2.27. The number of nitrogens with zero attached hydrogens (tertiary/aromatic N) is 4. The van der Waals surface area contributed by atoms with E-state index in [4.69, 9.17) is 0 Å². The lowest BCUT2D eigenvalue weighted by Gasteiger charge is -2.03. The normalized spacial score (nSPS) is 14.7. The Morgan fingerprint density at radius 1 is 1.29 bits per heavy atom. The summed E-state index contributed by atoms with van der Waals surface area (Å²) in [5.74, 6) is 0.765. The minimum atomic E-state index is 0.162. The van der Waals surface area contributed by atoms with Gasteiger partial charge in [0.15, 0.2) is 0 Å². The maximum absolute atomic E-state index is 12.2. The van der Waals surface area contributed by atoms with Crippen molar-refractivity contribution in [2.45, 2.75) is 31.6 Å². The van der Waals surface area contributed by atoms with Crippen LogP contribution in [-0.4, -0.2) is 25.4 Å². The van der Waals surface area contributed by atoms with Gasteiger partial charge in [0.1, 0.15) is 21.4 Å². The number of aromatic nitrogens is 4. The third-order valence-electron chi connectivity index (χ3n) is 3.65. The number of hydrogen-bond acceptors (Lipinski definition) is 5. The van der Waals surface area contributed by atoms with E-state index in [1.165, 1.54) is 12.8 Å². The molecule has 106 valence electrons. The fourth-order valence-corrected chi connectivity index (χ4v) is 3.46. The second-order valence-corrected chi connectivity index (χ2v) is 6.47. The molecule has 0 amide bonds. The first kappa shape index (κ1) is 12.6. The average molecular weight is 298 g/mol. The molecule has 0 spiro atoms. The number of ketones is 1. The van der Waals surface area contributed by atoms with Crippen LogP contribution in [0.25, 0.3) is 5.65 Å². The minimum absolute atomic E-state index is 0.162. The van der Waals surface area contributed by atoms with Gasteiger partial charge in [0.05, 0.1) is 6.42 Å². The van der Waals surface area contributed by atoms with Crippen molar-refractivity contribution >= 4 is 22.8 Å². The van der Waals surface area contributed by atoms with Crippen molar-refractivity contribution in [3.8, 4) is 0 Å². The number of carbonyl (C=O) groups is 1. The van der Waals surface area contributed by atoms with Crippen LogP contribution < -0.4 is 0 Å². The Balaban J connectivity index is 1.48. The van der Waals surface area contributed by atoms with Crippen molar-refractivity contribution in [2.75, 3.05) is 0 Å². The van der Waals surface area contributed by atoms with Gasteiger partial charge in [0.2, 0.25) is 0 Å². The predicted octanol–water partition coefficient (Wildman–Crippen LogP) is 2.42. The third kappa shape index (κ3) is 2.58. The van der Waals surface area contributed by atoms with Crippen LogP contribution in [0.15, 0.2) is 30.6 Å². The number of pyridine rings is 1. The van der Waals surface area contributed by atoms with Crippen molar-refractivity contribution < 1.29 is 4.79 Å². The number of hydrogen-bond donors (Lipinski definition) is 0. The van der Waals surface area contributed by atoms with Crippen molar-refractivity contribution in [3.05, 3.63) is 46.3 Å². The van der Waals surface area contributed by atoms with Crippen molar-refractivity contribution in [3.63, 3.8) is 0 Å². The molecule has 3 aromatic rings. The van der Waals surface area contributed by atoms with Crippen LogP contribution in [0.2, 0.25) is 0 Å². The number of Topliss-reactive ketones (excluding diaryl/α,β-unsaturated/α-hetero) is 1. The van der Waals surface area contributed by atoms with Crippen LogP contribution in [0.4, 0.5) is 0 Å². The minimum Gasteiger partial charge on any atom is -0.304 e. The van der Waals surface area contributed by atoms with Gasteiger partial charge < -0.3 is 4.40 Å². The summed E-state index contributed by atoms with van der Waals surface area (Å²) in [7, 11) is 0. The molecular formula is C15H14N4OS. The topological polar surface area (TPSA) is 60.2 Å². The number of imidazole rings is 1. The summed E-state index contributed by atoms with van der Waals surface area (Å²) >= 11 is 1.59. The molecule has 0 unspecified atom stereocenters. The summed E-state index contributed by atoms with van der Waals surface area (Å²) < 4.78 is 1.95. The summed E-state index contributed by atoms with van der Waals surface area (Å²) in [5, 5.41) is 10.2. The first-order valence-electron chi connectivity index (χ1n) is 7.04. The van der Waals surface area contributed by atoms with E-state index < -0.39 is 0 Å². The van der Waals surface area contributed by atoms with Crippen LogP contribution in [0.3, 0.4) is 0 Å². The van der Waals surface area contributed by atoms with E-state index >= 15 is 0 Å². The van der Waals surface area contributed by atoms with Gasteiger partial charge in [-0.15, -0.1) is 21.5 Å². The Morgan fingerprint density at radius 3 is 3.05 bits per heavy atom. The van der Waals surface area contributed by atoms with Gasteiger partial charge in [-0.3, -0.25) is 4.79 Å². The number of carbonyl (C=O) groups excluding carboxylic acids is 1. The van der Waals surface area contributed by atoms with Gasteiger partial charge in [-0.2, -0.15) is 0 Å². The summed E-state index contributed by atoms with van der Waals surface area (Å²) in [6.07, 6.45) is 6.82. The zero-order valence-corrected chi connectivity index (χ0v) is 12.2. The number of rotatable bonds is 5. The highest BCUT2D eigenvalue weighted by atomic mass is 32.1. The summed E-state index contributed by atoms with van der Waals surface area (Å²) in [6.45, 7) is 0. The molecule has 21 heavy (non-hydrogen) atoms. The zero-order chi connectivity index (χ0) is 14.2. The molecule has 1 aliphatic rings. The molecule has 1 fully saturated rings. The van der Waals surface area contributed by atoms with E-state index in [1.54, 1.807) is 17.5 Å². The molecule has 0 saturated heterocycles. The summed E-state index contributed by atoms with van der Waals surface area (Å²) in [5.41, 5.74) is 1.83. The van der Waals surface area contributed by atoms with Gasteiger partial charge in [0.25, 0.3) is 0 Å². The first-order chi connectivity index (χ1) is 10.3. The Labute approximate surface area is 125 Å². The molecule has 5 nitrogen and oxygen atoms in total. The van der Waals surface area contributed by atoms with E-state index in [9.17, 15) is 4.79 Å². The lowest BCUT2D eigenvalue weighted by atomic mass is 10.1. The van der Waals surface area contributed by atoms with E-state index in [0.29, 0.717) is 18.8 Å². The molecule has 6 heteroatoms. The predicted molar refractivity (Wildman–Crippen MR) is 79.5 cm³/mol. The highest BCUT2D eigenvalue weighted by Crippen LogP contribution is 2.41. The van der Waals surface area contributed by atoms with Gasteiger partial charge in [-0.1, -0.05) is 6.07 Å². The summed E-state index contributed by atoms with van der Waals surface area (Å²) in [4.78, 5) is 16.5. The molecule has 0 atom stereocenters. The maximum Gasteiger partial charge on any atom is 0.145 e. The lowest BCUT2D eigenvalue weighted by Crippen LogP contribution is -2.09. The van der Waals surface area contributed by atoms with Crippen molar-refractivity contribution in [1.29, 1.82) is 0 Å². The van der Waals surface area contributed by atoms with Crippen molar-refractivity contribution in [1.82, 2.24) is 19.6 Å². The van der Waals surface area contributed by atoms with E-state index in [1.807, 2.05) is 28.8 Å². The van der Waals surface area contributed by atoms with Crippen molar-refractivity contribution in [2.24, 2.45) is 0 Å². The van der Waals surface area contributed by atoms with Crippen LogP contribution in [-0.2, 0) is 17.6 Å². The Bertz CT molecular complexity index is 803. The van der Waals surface area contributed by atoms with Gasteiger partial charge in [0, 0.05) is 30.4 Å². The fourth-order valence-electron chi connectivity index (χ4n) is 2.42. The van der Waals surface area contributed by atoms with E-state index in [-0.39, 0.29) is 5.78 Å². The molecular weight excluding hydrogens is 284 g/mol. The molecule has 0 aromatic carbocycles. The smallest absolute Gasteiger partial charge is 0.145 e. The van der Waals surface area contributed by atoms with Gasteiger partial charge in [-0.25, -0.2) is 4.98 Å². The van der Waals surface area contributed by atoms with E-state index in [2.05, 4.69) is 15.2 Å². The van der Waals surface area contributed by atoms with Crippen LogP contribution in [0.5, 0.6) is 0 Å². The lowest BCUT2D eigenvalue weighted by molar-refractivity contribution is -0.117. The van der Waals surface area contributed by atoms with Crippen LogP contribution in [0, 0.1) is 0 Å². The Morgan fingerprint density at radius 2 is 2.19 bits per heavy atom. The monoisotopic (exact) mass is 298 g/mol. The van der Waals surface area contributed by atoms with Gasteiger partial charge in [-0.05, 0) is 25.0 Å². The molecule has 0 N–H and O–H groups in total. The standard InChI is InChI=1S/C15H14N4OS/c20-12(9-14-17-18-15(21-14)10-4-5-10)8-11-2-1-3-13-16-6-7-19(11)13/h1-3,6-7,10H,4-5,8-9H2. The van der Waals surface area contributed by atoms with E-state index in [0.717, 1.165) is 21.4 Å². The van der Waals surface area contributed by atoms with Crippen LogP contribution >= 0.6 is 11.3 Å². The first-order valence-corrected chi connectivity index (χ1v) is 7.86. The second kappa shape index (κ2) is 5.04. The van der Waals surface area contributed by atoms with Gasteiger partial charge >= 0.3 is 0 Å². The summed E-state index contributed by atoms with van der Waals surface area (Å²) in [6, 6.07) is 5.82. The number of fused-ring (bicyclic) bond motifs is 1. The Kier molecular flexibility index (Phi) is 3.03. The highest BCUT2D eigenvalue weighted by molar-refractivity contribution is 7.11. The molecule has 0 aliphatic heterocycles. The third-order valence-corrected chi connectivity index (χ3v) is 4.73. The molecule has 1 saturated carbocycles. The quantitative estimate of drug-likeness (QED) is 0.726. The largest absolute Gasteiger partial charge is 0.304 e. The molecule has 4 rings (SSSR count). The molecule has 3 aromatic heterocycles. The molecule has 1 aliphatic carbocycles.